The fraction of sp³-hybridized carbons (Fsp3) is 0.320. The number of nitrogens with zero attached hydrogens (tertiary/aromatic N) is 1. The van der Waals surface area contributed by atoms with E-state index in [1.54, 1.807) is 12.1 Å². The van der Waals surface area contributed by atoms with E-state index in [1.165, 1.54) is 26.9 Å². The van der Waals surface area contributed by atoms with Crippen LogP contribution >= 0.6 is 0 Å². The number of carbonyl (C=O) groups excluding carboxylic acids is 1. The van der Waals surface area contributed by atoms with E-state index in [1.807, 2.05) is 25.1 Å². The summed E-state index contributed by atoms with van der Waals surface area (Å²) in [6.45, 7) is 3.32. The predicted molar refractivity (Wildman–Crippen MR) is 125 cm³/mol. The Bertz CT molecular complexity index is 1300. The lowest BCUT2D eigenvalue weighted by Gasteiger charge is -2.27. The van der Waals surface area contributed by atoms with Gasteiger partial charge >= 0.3 is 0 Å². The first-order valence-electron chi connectivity index (χ1n) is 11.0. The molecule has 1 amide bonds. The van der Waals surface area contributed by atoms with Gasteiger partial charge in [0.05, 0.1) is 18.1 Å². The number of carbonyl (C=O) groups is 1. The molecule has 3 aromatic carbocycles. The van der Waals surface area contributed by atoms with Gasteiger partial charge < -0.3 is 10.1 Å². The second-order valence-electron chi connectivity index (χ2n) is 8.26. The molecule has 0 radical (unpaired) electrons. The lowest BCUT2D eigenvalue weighted by atomic mass is 10.0. The molecule has 0 aromatic heterocycles. The molecule has 7 heteroatoms. The molecule has 32 heavy (non-hydrogen) atoms. The molecule has 1 fully saturated rings. The van der Waals surface area contributed by atoms with Crippen molar-refractivity contribution < 1.29 is 17.9 Å². The van der Waals surface area contributed by atoms with E-state index in [4.69, 9.17) is 4.74 Å². The lowest BCUT2D eigenvalue weighted by molar-refractivity contribution is 0.0730. The third-order valence-electron chi connectivity index (χ3n) is 6.42. The number of sulfonamides is 1. The molecule has 2 aliphatic rings. The fourth-order valence-corrected chi connectivity index (χ4v) is 6.43. The van der Waals surface area contributed by atoms with Crippen molar-refractivity contribution in [3.8, 4) is 0 Å². The second-order valence-corrected chi connectivity index (χ2v) is 10.2. The summed E-state index contributed by atoms with van der Waals surface area (Å²) in [7, 11) is -3.70. The Morgan fingerprint density at radius 3 is 2.53 bits per heavy atom. The van der Waals surface area contributed by atoms with Gasteiger partial charge in [-0.05, 0) is 59.5 Å². The molecule has 1 heterocycles. The van der Waals surface area contributed by atoms with Crippen molar-refractivity contribution >= 4 is 32.4 Å². The highest BCUT2D eigenvalue weighted by Crippen LogP contribution is 2.35. The van der Waals surface area contributed by atoms with Crippen LogP contribution in [-0.4, -0.2) is 44.9 Å². The Balaban J connectivity index is 1.49. The third-order valence-corrected chi connectivity index (χ3v) is 8.40. The Morgan fingerprint density at radius 1 is 1.03 bits per heavy atom. The molecule has 0 saturated carbocycles. The van der Waals surface area contributed by atoms with Crippen molar-refractivity contribution in [2.75, 3.05) is 31.6 Å². The van der Waals surface area contributed by atoms with Gasteiger partial charge in [0.15, 0.2) is 0 Å². The minimum Gasteiger partial charge on any atom is -0.379 e. The zero-order chi connectivity index (χ0) is 22.3. The van der Waals surface area contributed by atoms with Crippen LogP contribution in [0.25, 0.3) is 10.8 Å². The highest BCUT2D eigenvalue weighted by Gasteiger charge is 2.29. The van der Waals surface area contributed by atoms with Crippen LogP contribution in [-0.2, 0) is 34.0 Å². The number of hydrogen-bond acceptors (Lipinski definition) is 4. The molecule has 5 rings (SSSR count). The molecule has 166 valence electrons. The topological polar surface area (TPSA) is 75.7 Å². The quantitative estimate of drug-likeness (QED) is 0.642. The Kier molecular flexibility index (Phi) is 5.49. The SMILES string of the molecule is CCc1ccc(C(=O)Nc2ccc3c4c(cccc24)CC3)cc1S(=O)(=O)N1CCOCC1. The standard InChI is InChI=1S/C25H26N2O4S/c1-2-17-6-9-20(16-23(17)32(29,30)27-12-14-31-15-13-27)25(28)26-22-11-10-19-8-7-18-4-3-5-21(22)24(18)19/h3-6,9-11,16H,2,7-8,12-15H2,1H3,(H,26,28). The highest BCUT2D eigenvalue weighted by atomic mass is 32.2. The largest absolute Gasteiger partial charge is 0.379 e. The maximum atomic E-state index is 13.3. The van der Waals surface area contributed by atoms with E-state index in [9.17, 15) is 13.2 Å². The molecule has 1 saturated heterocycles. The average Bonchev–Trinajstić information content (AvgIpc) is 3.25. The van der Waals surface area contributed by atoms with E-state index in [0.717, 1.165) is 23.9 Å². The number of anilines is 1. The van der Waals surface area contributed by atoms with Gasteiger partial charge in [0.1, 0.15) is 0 Å². The van der Waals surface area contributed by atoms with Crippen LogP contribution < -0.4 is 5.32 Å². The second kappa shape index (κ2) is 8.31. The van der Waals surface area contributed by atoms with Gasteiger partial charge in [-0.1, -0.05) is 37.3 Å². The number of aryl methyl sites for hydroxylation is 3. The summed E-state index contributed by atoms with van der Waals surface area (Å²) >= 11 is 0. The van der Waals surface area contributed by atoms with Crippen molar-refractivity contribution in [1.82, 2.24) is 4.31 Å². The van der Waals surface area contributed by atoms with E-state index in [0.29, 0.717) is 43.9 Å². The Hall–Kier alpha value is -2.74. The maximum Gasteiger partial charge on any atom is 0.255 e. The molecule has 0 atom stereocenters. The van der Waals surface area contributed by atoms with Crippen LogP contribution in [0.5, 0.6) is 0 Å². The van der Waals surface area contributed by atoms with E-state index in [-0.39, 0.29) is 10.8 Å². The van der Waals surface area contributed by atoms with Gasteiger partial charge in [0.25, 0.3) is 5.91 Å². The average molecular weight is 451 g/mol. The van der Waals surface area contributed by atoms with Crippen LogP contribution in [0.2, 0.25) is 0 Å². The zero-order valence-corrected chi connectivity index (χ0v) is 18.9. The molecule has 3 aromatic rings. The van der Waals surface area contributed by atoms with Crippen LogP contribution in [0.3, 0.4) is 0 Å². The number of morpholine rings is 1. The summed E-state index contributed by atoms with van der Waals surface area (Å²) in [5.41, 5.74) is 4.39. The van der Waals surface area contributed by atoms with Crippen LogP contribution in [0.1, 0.15) is 34.0 Å². The van der Waals surface area contributed by atoms with Gasteiger partial charge in [-0.15, -0.1) is 0 Å². The maximum absolute atomic E-state index is 13.3. The number of hydrogen-bond donors (Lipinski definition) is 1. The molecule has 0 spiro atoms. The highest BCUT2D eigenvalue weighted by molar-refractivity contribution is 7.89. The van der Waals surface area contributed by atoms with Crippen molar-refractivity contribution in [1.29, 1.82) is 0 Å². The van der Waals surface area contributed by atoms with Crippen LogP contribution in [0.15, 0.2) is 53.4 Å². The van der Waals surface area contributed by atoms with Crippen LogP contribution in [0, 0.1) is 0 Å². The summed E-state index contributed by atoms with van der Waals surface area (Å²) < 4.78 is 33.3. The summed E-state index contributed by atoms with van der Waals surface area (Å²) in [5, 5.41) is 5.26. The number of nitrogens with one attached hydrogen (secondary N) is 1. The van der Waals surface area contributed by atoms with E-state index in [2.05, 4.69) is 17.4 Å². The molecular weight excluding hydrogens is 424 g/mol. The van der Waals surface area contributed by atoms with Crippen molar-refractivity contribution in [3.63, 3.8) is 0 Å². The summed E-state index contributed by atoms with van der Waals surface area (Å²) in [6, 6.07) is 15.2. The minimum atomic E-state index is -3.70. The molecule has 0 unspecified atom stereocenters. The van der Waals surface area contributed by atoms with Gasteiger partial charge in [0, 0.05) is 29.7 Å². The normalized spacial score (nSPS) is 16.4. The molecule has 1 aliphatic heterocycles. The smallest absolute Gasteiger partial charge is 0.255 e. The van der Waals surface area contributed by atoms with E-state index >= 15 is 0 Å². The van der Waals surface area contributed by atoms with Crippen molar-refractivity contribution in [2.45, 2.75) is 31.1 Å². The van der Waals surface area contributed by atoms with Crippen LogP contribution in [0.4, 0.5) is 5.69 Å². The summed E-state index contributed by atoms with van der Waals surface area (Å²) in [6.07, 6.45) is 2.60. The Morgan fingerprint density at radius 2 is 1.78 bits per heavy atom. The lowest BCUT2D eigenvalue weighted by Crippen LogP contribution is -2.41. The van der Waals surface area contributed by atoms with Crippen molar-refractivity contribution in [2.24, 2.45) is 0 Å². The van der Waals surface area contributed by atoms with Gasteiger partial charge in [-0.2, -0.15) is 4.31 Å². The van der Waals surface area contributed by atoms with Crippen molar-refractivity contribution in [3.05, 3.63) is 70.8 Å². The minimum absolute atomic E-state index is 0.204. The zero-order valence-electron chi connectivity index (χ0n) is 18.1. The first-order valence-corrected chi connectivity index (χ1v) is 12.5. The fourth-order valence-electron chi connectivity index (χ4n) is 4.70. The number of rotatable bonds is 5. The van der Waals surface area contributed by atoms with Gasteiger partial charge in [-0.3, -0.25) is 4.79 Å². The number of amides is 1. The molecule has 6 nitrogen and oxygen atoms in total. The molecule has 1 aliphatic carbocycles. The summed E-state index contributed by atoms with van der Waals surface area (Å²) in [4.78, 5) is 13.4. The van der Waals surface area contributed by atoms with E-state index < -0.39 is 10.0 Å². The predicted octanol–water partition coefficient (Wildman–Crippen LogP) is 3.77. The number of benzene rings is 3. The molecule has 0 bridgehead atoms. The number of ether oxygens (including phenoxy) is 1. The third kappa shape index (κ3) is 3.60. The van der Waals surface area contributed by atoms with Gasteiger partial charge in [-0.25, -0.2) is 8.42 Å². The summed E-state index contributed by atoms with van der Waals surface area (Å²) in [5.74, 6) is -0.315. The Labute approximate surface area is 188 Å². The molecular formula is C25H26N2O4S. The first kappa shape index (κ1) is 21.1. The van der Waals surface area contributed by atoms with Gasteiger partial charge in [0.2, 0.25) is 10.0 Å². The molecule has 1 N–H and O–H groups in total. The monoisotopic (exact) mass is 450 g/mol. The first-order chi connectivity index (χ1) is 15.5.